The molecule has 0 saturated heterocycles. The Labute approximate surface area is 150 Å². The number of amides is 1. The second-order valence-electron chi connectivity index (χ2n) is 6.20. The van der Waals surface area contributed by atoms with Crippen LogP contribution >= 0.6 is 12.2 Å². The topological polar surface area (TPSA) is 58.1 Å². The highest BCUT2D eigenvalue weighted by Gasteiger charge is 2.14. The van der Waals surface area contributed by atoms with Crippen LogP contribution < -0.4 is 5.56 Å². The minimum absolute atomic E-state index is 0.109. The Morgan fingerprint density at radius 1 is 1.20 bits per heavy atom. The van der Waals surface area contributed by atoms with Crippen LogP contribution in [0.5, 0.6) is 0 Å². The molecule has 1 heterocycles. The summed E-state index contributed by atoms with van der Waals surface area (Å²) < 4.78 is 1.71. The molecule has 0 aliphatic carbocycles. The van der Waals surface area contributed by atoms with Crippen LogP contribution in [0.3, 0.4) is 0 Å². The van der Waals surface area contributed by atoms with Gasteiger partial charge in [0.2, 0.25) is 0 Å². The van der Waals surface area contributed by atoms with Crippen molar-refractivity contribution in [3.8, 4) is 0 Å². The second kappa shape index (κ2) is 6.64. The number of nitrogens with one attached hydrogen (secondary N) is 1. The summed E-state index contributed by atoms with van der Waals surface area (Å²) in [6, 6.07) is 13.1. The van der Waals surface area contributed by atoms with Gasteiger partial charge in [-0.1, -0.05) is 29.8 Å². The molecule has 0 aliphatic rings. The predicted octanol–water partition coefficient (Wildman–Crippen LogP) is 3.18. The highest BCUT2D eigenvalue weighted by molar-refractivity contribution is 7.71. The quantitative estimate of drug-likeness (QED) is 0.736. The molecule has 128 valence electrons. The van der Waals surface area contributed by atoms with Crippen LogP contribution in [0.1, 0.15) is 21.5 Å². The van der Waals surface area contributed by atoms with Crippen LogP contribution in [0.15, 0.2) is 47.3 Å². The van der Waals surface area contributed by atoms with Crippen LogP contribution in [-0.2, 0) is 13.6 Å². The molecule has 2 aromatic carbocycles. The summed E-state index contributed by atoms with van der Waals surface area (Å²) in [5.41, 5.74) is 3.16. The molecule has 3 aromatic rings. The number of aryl methyl sites for hydroxylation is 1. The van der Waals surface area contributed by atoms with E-state index < -0.39 is 0 Å². The third kappa shape index (κ3) is 3.39. The highest BCUT2D eigenvalue weighted by atomic mass is 32.1. The predicted molar refractivity (Wildman–Crippen MR) is 101 cm³/mol. The molecule has 0 atom stereocenters. The zero-order chi connectivity index (χ0) is 18.1. The minimum atomic E-state index is -0.175. The van der Waals surface area contributed by atoms with E-state index >= 15 is 0 Å². The fraction of sp³-hybridized carbons (Fsp3) is 0.211. The van der Waals surface area contributed by atoms with Crippen molar-refractivity contribution in [1.29, 1.82) is 0 Å². The van der Waals surface area contributed by atoms with Crippen molar-refractivity contribution in [1.82, 2.24) is 14.5 Å². The normalized spacial score (nSPS) is 10.8. The maximum Gasteiger partial charge on any atom is 0.261 e. The van der Waals surface area contributed by atoms with E-state index in [9.17, 15) is 9.59 Å². The molecule has 0 fully saturated rings. The van der Waals surface area contributed by atoms with Gasteiger partial charge in [0.15, 0.2) is 4.77 Å². The summed E-state index contributed by atoms with van der Waals surface area (Å²) in [7, 11) is 3.38. The standard InChI is InChI=1S/C19H19N3O2S/c1-12-4-6-13(7-5-12)11-21(2)17(23)14-8-9-15-16(10-14)20-19(25)22(3)18(15)24/h4-10H,11H2,1-3H3,(H,20,25). The van der Waals surface area contributed by atoms with Crippen molar-refractivity contribution in [2.45, 2.75) is 13.5 Å². The van der Waals surface area contributed by atoms with Gasteiger partial charge >= 0.3 is 0 Å². The Hall–Kier alpha value is -2.73. The molecule has 1 aromatic heterocycles. The first kappa shape index (κ1) is 17.1. The number of H-pyrrole nitrogens is 1. The van der Waals surface area contributed by atoms with Gasteiger partial charge in [0.25, 0.3) is 11.5 Å². The van der Waals surface area contributed by atoms with Gasteiger partial charge in [-0.2, -0.15) is 0 Å². The fourth-order valence-electron chi connectivity index (χ4n) is 2.70. The van der Waals surface area contributed by atoms with Crippen LogP contribution in [0.25, 0.3) is 10.9 Å². The van der Waals surface area contributed by atoms with Gasteiger partial charge in [-0.3, -0.25) is 14.2 Å². The zero-order valence-electron chi connectivity index (χ0n) is 14.4. The lowest BCUT2D eigenvalue weighted by Crippen LogP contribution is -2.26. The number of fused-ring (bicyclic) bond motifs is 1. The molecule has 25 heavy (non-hydrogen) atoms. The molecule has 3 rings (SSSR count). The summed E-state index contributed by atoms with van der Waals surface area (Å²) >= 11 is 5.14. The molecule has 0 saturated carbocycles. The summed E-state index contributed by atoms with van der Waals surface area (Å²) in [6.07, 6.45) is 0. The Kier molecular flexibility index (Phi) is 4.55. The Bertz CT molecular complexity index is 1060. The Morgan fingerprint density at radius 2 is 1.88 bits per heavy atom. The number of carbonyl (C=O) groups excluding carboxylic acids is 1. The second-order valence-corrected chi connectivity index (χ2v) is 6.59. The molecule has 0 spiro atoms. The van der Waals surface area contributed by atoms with Crippen LogP contribution in [0, 0.1) is 11.7 Å². The average molecular weight is 353 g/mol. The summed E-state index contributed by atoms with van der Waals surface area (Å²) in [4.78, 5) is 29.6. The number of benzene rings is 2. The van der Waals surface area contributed by atoms with Crippen LogP contribution in [0.2, 0.25) is 0 Å². The number of aromatic nitrogens is 2. The van der Waals surface area contributed by atoms with E-state index in [-0.39, 0.29) is 11.5 Å². The first-order chi connectivity index (χ1) is 11.9. The monoisotopic (exact) mass is 353 g/mol. The Balaban J connectivity index is 1.91. The lowest BCUT2D eigenvalue weighted by atomic mass is 10.1. The van der Waals surface area contributed by atoms with E-state index in [1.54, 1.807) is 37.2 Å². The average Bonchev–Trinajstić information content (AvgIpc) is 2.60. The van der Waals surface area contributed by atoms with Gasteiger partial charge in [0.05, 0.1) is 10.9 Å². The van der Waals surface area contributed by atoms with Crippen molar-refractivity contribution >= 4 is 29.0 Å². The van der Waals surface area contributed by atoms with Gasteiger partial charge in [-0.15, -0.1) is 0 Å². The van der Waals surface area contributed by atoms with E-state index in [0.29, 0.717) is 27.8 Å². The molecule has 6 heteroatoms. The fourth-order valence-corrected chi connectivity index (χ4v) is 2.89. The number of carbonyl (C=O) groups is 1. The SMILES string of the molecule is Cc1ccc(CN(C)C(=O)c2ccc3c(=O)n(C)c(=S)[nH]c3c2)cc1. The van der Waals surface area contributed by atoms with E-state index in [0.717, 1.165) is 5.56 Å². The third-order valence-corrected chi connectivity index (χ3v) is 4.61. The summed E-state index contributed by atoms with van der Waals surface area (Å²) in [5.74, 6) is -0.109. The van der Waals surface area contributed by atoms with Crippen LogP contribution in [0.4, 0.5) is 0 Å². The van der Waals surface area contributed by atoms with E-state index in [1.807, 2.05) is 31.2 Å². The van der Waals surface area contributed by atoms with Gasteiger partial charge in [0, 0.05) is 26.2 Å². The number of rotatable bonds is 3. The third-order valence-electron chi connectivity index (χ3n) is 4.23. The first-order valence-corrected chi connectivity index (χ1v) is 8.32. The molecule has 1 N–H and O–H groups in total. The molecule has 0 unspecified atom stereocenters. The van der Waals surface area contributed by atoms with Crippen molar-refractivity contribution < 1.29 is 4.79 Å². The van der Waals surface area contributed by atoms with Crippen molar-refractivity contribution in [3.05, 3.63) is 74.3 Å². The van der Waals surface area contributed by atoms with Gasteiger partial charge in [-0.05, 0) is 42.9 Å². The molecule has 0 aliphatic heterocycles. The molecule has 0 bridgehead atoms. The van der Waals surface area contributed by atoms with Crippen molar-refractivity contribution in [2.75, 3.05) is 7.05 Å². The number of hydrogen-bond donors (Lipinski definition) is 1. The summed E-state index contributed by atoms with van der Waals surface area (Å²) in [5, 5.41) is 0.508. The molecular formula is C19H19N3O2S. The molecule has 1 amide bonds. The van der Waals surface area contributed by atoms with Crippen molar-refractivity contribution in [3.63, 3.8) is 0 Å². The molecular weight excluding hydrogens is 334 g/mol. The lowest BCUT2D eigenvalue weighted by molar-refractivity contribution is 0.0785. The van der Waals surface area contributed by atoms with Gasteiger partial charge < -0.3 is 9.88 Å². The maximum absolute atomic E-state index is 12.7. The van der Waals surface area contributed by atoms with E-state index in [2.05, 4.69) is 4.98 Å². The van der Waals surface area contributed by atoms with E-state index in [4.69, 9.17) is 12.2 Å². The first-order valence-electron chi connectivity index (χ1n) is 7.91. The molecule has 5 nitrogen and oxygen atoms in total. The summed E-state index contributed by atoms with van der Waals surface area (Å²) in [6.45, 7) is 2.55. The van der Waals surface area contributed by atoms with Gasteiger partial charge in [-0.25, -0.2) is 0 Å². The number of nitrogens with zero attached hydrogens (tertiary/aromatic N) is 2. The Morgan fingerprint density at radius 3 is 2.56 bits per heavy atom. The number of aromatic amines is 1. The van der Waals surface area contributed by atoms with Crippen LogP contribution in [-0.4, -0.2) is 27.4 Å². The maximum atomic E-state index is 12.7. The molecule has 0 radical (unpaired) electrons. The highest BCUT2D eigenvalue weighted by Crippen LogP contribution is 2.14. The minimum Gasteiger partial charge on any atom is -0.337 e. The zero-order valence-corrected chi connectivity index (χ0v) is 15.2. The lowest BCUT2D eigenvalue weighted by Gasteiger charge is -2.18. The van der Waals surface area contributed by atoms with E-state index in [1.165, 1.54) is 10.1 Å². The largest absolute Gasteiger partial charge is 0.337 e. The number of hydrogen-bond acceptors (Lipinski definition) is 3. The van der Waals surface area contributed by atoms with Crippen molar-refractivity contribution in [2.24, 2.45) is 7.05 Å². The smallest absolute Gasteiger partial charge is 0.261 e. The van der Waals surface area contributed by atoms with Gasteiger partial charge in [0.1, 0.15) is 0 Å².